The van der Waals surface area contributed by atoms with Crippen molar-refractivity contribution in [3.63, 3.8) is 0 Å². The molecule has 0 aliphatic rings. The van der Waals surface area contributed by atoms with Gasteiger partial charge in [0.15, 0.2) is 0 Å². The molecule has 0 saturated heterocycles. The van der Waals surface area contributed by atoms with E-state index in [1.165, 1.54) is 19.1 Å². The van der Waals surface area contributed by atoms with Crippen LogP contribution in [0.4, 0.5) is 5.69 Å². The van der Waals surface area contributed by atoms with Gasteiger partial charge in [-0.05, 0) is 18.2 Å². The molecule has 0 aromatic heterocycles. The summed E-state index contributed by atoms with van der Waals surface area (Å²) in [5.41, 5.74) is 6.21. The van der Waals surface area contributed by atoms with Crippen molar-refractivity contribution in [2.24, 2.45) is 0 Å². The lowest BCUT2D eigenvalue weighted by atomic mass is 10.0. The van der Waals surface area contributed by atoms with Crippen LogP contribution in [0.25, 0.3) is 10.8 Å². The number of carbonyl (C=O) groups is 2. The third kappa shape index (κ3) is 1.98. The van der Waals surface area contributed by atoms with E-state index in [4.69, 9.17) is 15.6 Å². The van der Waals surface area contributed by atoms with Gasteiger partial charge in [-0.3, -0.25) is 4.79 Å². The highest BCUT2D eigenvalue weighted by Crippen LogP contribution is 2.32. The molecule has 0 aliphatic heterocycles. The molecule has 5 nitrogen and oxygen atoms in total. The van der Waals surface area contributed by atoms with E-state index in [0.29, 0.717) is 22.2 Å². The van der Waals surface area contributed by atoms with Crippen LogP contribution in [0.15, 0.2) is 30.3 Å². The Balaban J connectivity index is 2.79. The van der Waals surface area contributed by atoms with Crippen molar-refractivity contribution in [2.75, 3.05) is 5.73 Å². The van der Waals surface area contributed by atoms with E-state index in [1.807, 2.05) is 0 Å². The summed E-state index contributed by atoms with van der Waals surface area (Å²) in [5.74, 6) is -1.25. The van der Waals surface area contributed by atoms with Crippen molar-refractivity contribution < 1.29 is 19.4 Å². The fraction of sp³-hybridized carbons (Fsp3) is 0.0769. The molecule has 0 unspecified atom stereocenters. The van der Waals surface area contributed by atoms with Crippen molar-refractivity contribution in [1.29, 1.82) is 0 Å². The van der Waals surface area contributed by atoms with Crippen LogP contribution in [0, 0.1) is 0 Å². The molecule has 5 heteroatoms. The molecule has 0 heterocycles. The molecular weight excluding hydrogens is 234 g/mol. The Morgan fingerprint density at radius 1 is 1.22 bits per heavy atom. The van der Waals surface area contributed by atoms with Crippen molar-refractivity contribution >= 4 is 28.4 Å². The first-order valence-corrected chi connectivity index (χ1v) is 5.23. The standard InChI is InChI=1S/C13H11NO4/c1-7(15)18-11-6-5-10(14)12-8(11)3-2-4-9(12)13(16)17/h2-6H,14H2,1H3,(H,16,17). The molecule has 2 aromatic rings. The number of nitrogens with two attached hydrogens (primary N) is 1. The fourth-order valence-corrected chi connectivity index (χ4v) is 1.83. The first kappa shape index (κ1) is 11.9. The predicted molar refractivity (Wildman–Crippen MR) is 66.6 cm³/mol. The SMILES string of the molecule is CC(=O)Oc1ccc(N)c2c(C(=O)O)cccc12. The topological polar surface area (TPSA) is 89.6 Å². The molecule has 0 bridgehead atoms. The summed E-state index contributed by atoms with van der Waals surface area (Å²) in [6.07, 6.45) is 0. The van der Waals surface area contributed by atoms with E-state index >= 15 is 0 Å². The number of nitrogen functional groups attached to an aromatic ring is 1. The Morgan fingerprint density at radius 3 is 2.56 bits per heavy atom. The van der Waals surface area contributed by atoms with Crippen LogP contribution in [0.1, 0.15) is 17.3 Å². The summed E-state index contributed by atoms with van der Waals surface area (Å²) in [4.78, 5) is 22.1. The smallest absolute Gasteiger partial charge is 0.336 e. The van der Waals surface area contributed by atoms with Gasteiger partial charge < -0.3 is 15.6 Å². The predicted octanol–water partition coefficient (Wildman–Crippen LogP) is 2.05. The third-order valence-electron chi connectivity index (χ3n) is 2.52. The number of aromatic carboxylic acids is 1. The number of esters is 1. The second-order valence-electron chi connectivity index (χ2n) is 3.78. The van der Waals surface area contributed by atoms with E-state index < -0.39 is 11.9 Å². The minimum Gasteiger partial charge on any atom is -0.478 e. The normalized spacial score (nSPS) is 10.3. The quantitative estimate of drug-likeness (QED) is 0.480. The molecule has 0 fully saturated rings. The second kappa shape index (κ2) is 4.37. The van der Waals surface area contributed by atoms with Gasteiger partial charge in [0.25, 0.3) is 0 Å². The minimum absolute atomic E-state index is 0.0824. The molecule has 18 heavy (non-hydrogen) atoms. The van der Waals surface area contributed by atoms with Crippen molar-refractivity contribution in [1.82, 2.24) is 0 Å². The Labute approximate surface area is 103 Å². The van der Waals surface area contributed by atoms with Crippen LogP contribution in [0.5, 0.6) is 5.75 Å². The molecule has 0 atom stereocenters. The number of hydrogen-bond donors (Lipinski definition) is 2. The van der Waals surface area contributed by atoms with Gasteiger partial charge in [-0.25, -0.2) is 4.79 Å². The van der Waals surface area contributed by atoms with Gasteiger partial charge in [0.1, 0.15) is 5.75 Å². The Hall–Kier alpha value is -2.56. The summed E-state index contributed by atoms with van der Waals surface area (Å²) in [5, 5.41) is 10.00. The highest BCUT2D eigenvalue weighted by atomic mass is 16.5. The van der Waals surface area contributed by atoms with Crippen molar-refractivity contribution in [3.8, 4) is 5.75 Å². The summed E-state index contributed by atoms with van der Waals surface area (Å²) >= 11 is 0. The molecule has 2 aromatic carbocycles. The second-order valence-corrected chi connectivity index (χ2v) is 3.78. The van der Waals surface area contributed by atoms with E-state index in [1.54, 1.807) is 18.2 Å². The number of ether oxygens (including phenoxy) is 1. The Morgan fingerprint density at radius 2 is 1.94 bits per heavy atom. The highest BCUT2D eigenvalue weighted by Gasteiger charge is 2.14. The van der Waals surface area contributed by atoms with Crippen LogP contribution in [0.3, 0.4) is 0 Å². The Kier molecular flexibility index (Phi) is 2.89. The van der Waals surface area contributed by atoms with Crippen LogP contribution < -0.4 is 10.5 Å². The lowest BCUT2D eigenvalue weighted by Gasteiger charge is -2.10. The summed E-state index contributed by atoms with van der Waals surface area (Å²) in [7, 11) is 0. The number of benzene rings is 2. The molecule has 0 aliphatic carbocycles. The average molecular weight is 245 g/mol. The average Bonchev–Trinajstić information content (AvgIpc) is 2.31. The largest absolute Gasteiger partial charge is 0.478 e. The molecule has 3 N–H and O–H groups in total. The highest BCUT2D eigenvalue weighted by molar-refractivity contribution is 6.10. The van der Waals surface area contributed by atoms with Crippen LogP contribution >= 0.6 is 0 Å². The number of carboxylic acid groups (broad SMARTS) is 1. The van der Waals surface area contributed by atoms with Crippen LogP contribution in [-0.2, 0) is 4.79 Å². The van der Waals surface area contributed by atoms with E-state index in [9.17, 15) is 9.59 Å². The van der Waals surface area contributed by atoms with Crippen LogP contribution in [-0.4, -0.2) is 17.0 Å². The monoisotopic (exact) mass is 245 g/mol. The minimum atomic E-state index is -1.08. The van der Waals surface area contributed by atoms with E-state index in [-0.39, 0.29) is 5.56 Å². The van der Waals surface area contributed by atoms with Crippen molar-refractivity contribution in [2.45, 2.75) is 6.92 Å². The maximum Gasteiger partial charge on any atom is 0.336 e. The van der Waals surface area contributed by atoms with Gasteiger partial charge in [0.05, 0.1) is 5.56 Å². The summed E-state index contributed by atoms with van der Waals surface area (Å²) in [6, 6.07) is 7.77. The zero-order chi connectivity index (χ0) is 13.3. The molecule has 0 amide bonds. The molecular formula is C13H11NO4. The molecule has 0 radical (unpaired) electrons. The van der Waals surface area contributed by atoms with Gasteiger partial charge in [0.2, 0.25) is 0 Å². The summed E-state index contributed by atoms with van der Waals surface area (Å²) < 4.78 is 5.03. The van der Waals surface area contributed by atoms with Gasteiger partial charge in [-0.1, -0.05) is 12.1 Å². The van der Waals surface area contributed by atoms with Gasteiger partial charge in [-0.2, -0.15) is 0 Å². The maximum absolute atomic E-state index is 11.1. The number of hydrogen-bond acceptors (Lipinski definition) is 4. The number of anilines is 1. The maximum atomic E-state index is 11.1. The van der Waals surface area contributed by atoms with Gasteiger partial charge in [-0.15, -0.1) is 0 Å². The lowest BCUT2D eigenvalue weighted by Crippen LogP contribution is -2.04. The number of fused-ring (bicyclic) bond motifs is 1. The van der Waals surface area contributed by atoms with Gasteiger partial charge in [0, 0.05) is 23.4 Å². The van der Waals surface area contributed by atoms with E-state index in [2.05, 4.69) is 0 Å². The van der Waals surface area contributed by atoms with Crippen LogP contribution in [0.2, 0.25) is 0 Å². The fourth-order valence-electron chi connectivity index (χ4n) is 1.83. The molecule has 0 spiro atoms. The Bertz CT molecular complexity index is 649. The number of rotatable bonds is 2. The zero-order valence-corrected chi connectivity index (χ0v) is 9.64. The first-order valence-electron chi connectivity index (χ1n) is 5.23. The third-order valence-corrected chi connectivity index (χ3v) is 2.52. The molecule has 2 rings (SSSR count). The van der Waals surface area contributed by atoms with Crippen molar-refractivity contribution in [3.05, 3.63) is 35.9 Å². The van der Waals surface area contributed by atoms with E-state index in [0.717, 1.165) is 0 Å². The zero-order valence-electron chi connectivity index (χ0n) is 9.64. The van der Waals surface area contributed by atoms with Gasteiger partial charge >= 0.3 is 11.9 Å². The number of carbonyl (C=O) groups excluding carboxylic acids is 1. The molecule has 92 valence electrons. The molecule has 0 saturated carbocycles. The summed E-state index contributed by atoms with van der Waals surface area (Å²) in [6.45, 7) is 1.28. The number of carboxylic acids is 1. The first-order chi connectivity index (χ1) is 8.50. The lowest BCUT2D eigenvalue weighted by molar-refractivity contribution is -0.131.